The minimum Gasteiger partial charge on any atom is -0.340 e. The number of halogens is 1. The Morgan fingerprint density at radius 1 is 1.15 bits per heavy atom. The van der Waals surface area contributed by atoms with E-state index in [4.69, 9.17) is 5.73 Å². The maximum atomic E-state index is 13.0. The van der Waals surface area contributed by atoms with Crippen LogP contribution in [0.2, 0.25) is 0 Å². The molecular weight excluding hydrogens is 335 g/mol. The number of nitrogens with one attached hydrogen (secondary N) is 1. The molecule has 7 heteroatoms. The zero-order chi connectivity index (χ0) is 18.9. The summed E-state index contributed by atoms with van der Waals surface area (Å²) in [5, 5.41) is 2.83. The van der Waals surface area contributed by atoms with E-state index in [1.165, 1.54) is 24.3 Å². The average Bonchev–Trinajstić information content (AvgIpc) is 2.67. The lowest BCUT2D eigenvalue weighted by Gasteiger charge is -2.36. The Bertz CT molecular complexity index is 586. The number of unbranched alkanes of at least 4 members (excludes halogenated alkanes) is 1. The number of benzene rings is 1. The lowest BCUT2D eigenvalue weighted by molar-refractivity contribution is -0.135. The first kappa shape index (κ1) is 20.3. The van der Waals surface area contributed by atoms with Gasteiger partial charge in [-0.2, -0.15) is 0 Å². The van der Waals surface area contributed by atoms with Gasteiger partial charge in [0.1, 0.15) is 11.9 Å². The van der Waals surface area contributed by atoms with Crippen LogP contribution in [0.5, 0.6) is 0 Å². The van der Waals surface area contributed by atoms with Crippen molar-refractivity contribution in [2.45, 2.75) is 32.2 Å². The Balaban J connectivity index is 2.01. The van der Waals surface area contributed by atoms with Crippen LogP contribution >= 0.6 is 0 Å². The molecule has 6 nitrogen and oxygen atoms in total. The molecule has 0 bridgehead atoms. The van der Waals surface area contributed by atoms with E-state index in [1.807, 2.05) is 4.90 Å². The molecule has 0 saturated carbocycles. The van der Waals surface area contributed by atoms with Crippen molar-refractivity contribution in [2.75, 3.05) is 39.3 Å². The number of piperazine rings is 1. The first-order valence-corrected chi connectivity index (χ1v) is 9.32. The molecule has 1 atom stereocenters. The molecule has 1 aliphatic rings. The molecule has 0 aromatic heterocycles. The van der Waals surface area contributed by atoms with Crippen LogP contribution in [0, 0.1) is 5.82 Å². The topological polar surface area (TPSA) is 78.7 Å². The Hall–Kier alpha value is -1.99. The van der Waals surface area contributed by atoms with Crippen LogP contribution in [-0.4, -0.2) is 66.9 Å². The van der Waals surface area contributed by atoms with E-state index in [1.54, 1.807) is 0 Å². The Morgan fingerprint density at radius 3 is 2.38 bits per heavy atom. The van der Waals surface area contributed by atoms with Gasteiger partial charge < -0.3 is 20.9 Å². The van der Waals surface area contributed by atoms with Gasteiger partial charge in [0.15, 0.2) is 0 Å². The van der Waals surface area contributed by atoms with Crippen molar-refractivity contribution in [3.05, 3.63) is 35.6 Å². The summed E-state index contributed by atoms with van der Waals surface area (Å²) < 4.78 is 13.0. The maximum Gasteiger partial charge on any atom is 0.251 e. The van der Waals surface area contributed by atoms with E-state index in [-0.39, 0.29) is 11.8 Å². The zero-order valence-corrected chi connectivity index (χ0v) is 15.4. The zero-order valence-electron chi connectivity index (χ0n) is 15.4. The number of carbonyl (C=O) groups excluding carboxylic acids is 2. The Kier molecular flexibility index (Phi) is 8.00. The highest BCUT2D eigenvalue weighted by Crippen LogP contribution is 2.10. The van der Waals surface area contributed by atoms with Crippen LogP contribution in [0.15, 0.2) is 24.3 Å². The molecule has 144 valence electrons. The molecule has 2 amide bonds. The van der Waals surface area contributed by atoms with E-state index in [0.717, 1.165) is 32.5 Å². The summed E-state index contributed by atoms with van der Waals surface area (Å²) in [6.07, 6.45) is 2.13. The fraction of sp³-hybridized carbons (Fsp3) is 0.579. The number of amides is 2. The van der Waals surface area contributed by atoms with Gasteiger partial charge in [0, 0.05) is 31.7 Å². The molecule has 1 aromatic rings. The van der Waals surface area contributed by atoms with Gasteiger partial charge in [0.2, 0.25) is 5.91 Å². The minimum atomic E-state index is -0.577. The second kappa shape index (κ2) is 10.2. The third kappa shape index (κ3) is 5.78. The van der Waals surface area contributed by atoms with Crippen molar-refractivity contribution in [1.82, 2.24) is 15.1 Å². The van der Waals surface area contributed by atoms with Crippen LogP contribution in [0.4, 0.5) is 4.39 Å². The van der Waals surface area contributed by atoms with Gasteiger partial charge in [-0.05, 0) is 56.6 Å². The molecule has 26 heavy (non-hydrogen) atoms. The summed E-state index contributed by atoms with van der Waals surface area (Å²) in [4.78, 5) is 29.5. The first-order chi connectivity index (χ1) is 12.5. The van der Waals surface area contributed by atoms with Gasteiger partial charge in [0.05, 0.1) is 0 Å². The fourth-order valence-corrected chi connectivity index (χ4v) is 3.10. The van der Waals surface area contributed by atoms with Crippen molar-refractivity contribution in [3.63, 3.8) is 0 Å². The molecule has 3 N–H and O–H groups in total. The van der Waals surface area contributed by atoms with E-state index in [0.29, 0.717) is 31.6 Å². The van der Waals surface area contributed by atoms with Gasteiger partial charge in [-0.25, -0.2) is 4.39 Å². The maximum absolute atomic E-state index is 13.0. The summed E-state index contributed by atoms with van der Waals surface area (Å²) >= 11 is 0. The molecule has 0 unspecified atom stereocenters. The third-order valence-electron chi connectivity index (χ3n) is 4.79. The highest BCUT2D eigenvalue weighted by atomic mass is 19.1. The number of hydrogen-bond acceptors (Lipinski definition) is 4. The normalized spacial score (nSPS) is 16.3. The summed E-state index contributed by atoms with van der Waals surface area (Å²) in [7, 11) is 0. The molecule has 0 spiro atoms. The number of rotatable bonds is 8. The molecule has 1 aromatic carbocycles. The Morgan fingerprint density at radius 2 is 1.81 bits per heavy atom. The number of carbonyl (C=O) groups is 2. The molecule has 1 aliphatic heterocycles. The molecule has 0 aliphatic carbocycles. The minimum absolute atomic E-state index is 0.0479. The van der Waals surface area contributed by atoms with Crippen LogP contribution in [-0.2, 0) is 4.79 Å². The summed E-state index contributed by atoms with van der Waals surface area (Å²) in [5.41, 5.74) is 5.89. The van der Waals surface area contributed by atoms with Crippen molar-refractivity contribution in [1.29, 1.82) is 0 Å². The number of nitrogens with zero attached hydrogens (tertiary/aromatic N) is 2. The number of likely N-dealkylation sites (N-methyl/N-ethyl adjacent to an activating group) is 1. The van der Waals surface area contributed by atoms with Crippen molar-refractivity contribution < 1.29 is 14.0 Å². The number of hydrogen-bond donors (Lipinski definition) is 2. The van der Waals surface area contributed by atoms with Gasteiger partial charge in [0.25, 0.3) is 5.91 Å². The highest BCUT2D eigenvalue weighted by molar-refractivity contribution is 5.97. The highest BCUT2D eigenvalue weighted by Gasteiger charge is 2.28. The molecule has 1 heterocycles. The largest absolute Gasteiger partial charge is 0.340 e. The van der Waals surface area contributed by atoms with Crippen molar-refractivity contribution >= 4 is 11.8 Å². The predicted octanol–water partition coefficient (Wildman–Crippen LogP) is 1.22. The standard InChI is InChI=1S/C19H29FN4O2/c1-2-23-11-13-24(14-12-23)19(26)17(5-3-4-10-21)22-18(25)15-6-8-16(20)9-7-15/h6-9,17H,2-5,10-14,21H2,1H3,(H,22,25)/t17-/m0/s1. The predicted molar refractivity (Wildman–Crippen MR) is 99.3 cm³/mol. The smallest absolute Gasteiger partial charge is 0.251 e. The lowest BCUT2D eigenvalue weighted by Crippen LogP contribution is -2.54. The van der Waals surface area contributed by atoms with Crippen LogP contribution in [0.1, 0.15) is 36.5 Å². The molecular formula is C19H29FN4O2. The lowest BCUT2D eigenvalue weighted by atomic mass is 10.1. The van der Waals surface area contributed by atoms with Crippen LogP contribution in [0.3, 0.4) is 0 Å². The second-order valence-corrected chi connectivity index (χ2v) is 6.58. The van der Waals surface area contributed by atoms with E-state index in [2.05, 4.69) is 17.1 Å². The van der Waals surface area contributed by atoms with Gasteiger partial charge in [-0.15, -0.1) is 0 Å². The third-order valence-corrected chi connectivity index (χ3v) is 4.79. The molecule has 1 saturated heterocycles. The van der Waals surface area contributed by atoms with Gasteiger partial charge in [-0.3, -0.25) is 9.59 Å². The van der Waals surface area contributed by atoms with Crippen molar-refractivity contribution in [2.24, 2.45) is 5.73 Å². The Labute approximate surface area is 154 Å². The van der Waals surface area contributed by atoms with E-state index < -0.39 is 11.9 Å². The molecule has 2 rings (SSSR count). The summed E-state index contributed by atoms with van der Waals surface area (Å²) in [6, 6.07) is 4.75. The average molecular weight is 364 g/mol. The second-order valence-electron chi connectivity index (χ2n) is 6.58. The molecule has 0 radical (unpaired) electrons. The molecule has 1 fully saturated rings. The quantitative estimate of drug-likeness (QED) is 0.680. The van der Waals surface area contributed by atoms with Gasteiger partial charge >= 0.3 is 0 Å². The summed E-state index contributed by atoms with van der Waals surface area (Å²) in [6.45, 7) is 6.69. The number of nitrogens with two attached hydrogens (primary N) is 1. The van der Waals surface area contributed by atoms with Crippen molar-refractivity contribution in [3.8, 4) is 0 Å². The first-order valence-electron chi connectivity index (χ1n) is 9.32. The summed E-state index contributed by atoms with van der Waals surface area (Å²) in [5.74, 6) is -0.803. The van der Waals surface area contributed by atoms with E-state index >= 15 is 0 Å². The van der Waals surface area contributed by atoms with Crippen LogP contribution < -0.4 is 11.1 Å². The monoisotopic (exact) mass is 364 g/mol. The van der Waals surface area contributed by atoms with Crippen LogP contribution in [0.25, 0.3) is 0 Å². The SMILES string of the molecule is CCN1CCN(C(=O)[C@H](CCCCN)NC(=O)c2ccc(F)cc2)CC1. The fourth-order valence-electron chi connectivity index (χ4n) is 3.10. The van der Waals surface area contributed by atoms with E-state index in [9.17, 15) is 14.0 Å². The van der Waals surface area contributed by atoms with Gasteiger partial charge in [-0.1, -0.05) is 6.92 Å².